The number of fused-ring (bicyclic) bond motifs is 2. The van der Waals surface area contributed by atoms with Gasteiger partial charge >= 0.3 is 0 Å². The lowest BCUT2D eigenvalue weighted by atomic mass is 10.0. The minimum atomic E-state index is 0.505. The van der Waals surface area contributed by atoms with Crippen LogP contribution in [-0.2, 0) is 6.42 Å². The number of likely N-dealkylation sites (tertiary alicyclic amines) is 1. The molecule has 0 radical (unpaired) electrons. The molecule has 0 aliphatic carbocycles. The number of aromatic nitrogens is 4. The number of pyridine rings is 1. The van der Waals surface area contributed by atoms with Gasteiger partial charge in [-0.2, -0.15) is 0 Å². The van der Waals surface area contributed by atoms with Crippen molar-refractivity contribution in [3.8, 4) is 22.5 Å². The molecule has 1 aliphatic heterocycles. The van der Waals surface area contributed by atoms with Gasteiger partial charge in [0, 0.05) is 41.9 Å². The average molecular weight is 477 g/mol. The van der Waals surface area contributed by atoms with Gasteiger partial charge in [0.2, 0.25) is 0 Å². The molecule has 1 atom stereocenters. The fourth-order valence-corrected chi connectivity index (χ4v) is 5.43. The zero-order valence-corrected chi connectivity index (χ0v) is 20.8. The Morgan fingerprint density at radius 1 is 0.944 bits per heavy atom. The van der Waals surface area contributed by atoms with Gasteiger partial charge in [-0.3, -0.25) is 4.40 Å². The highest BCUT2D eigenvalue weighted by Crippen LogP contribution is 2.32. The summed E-state index contributed by atoms with van der Waals surface area (Å²) in [5.74, 6) is 2.11. The summed E-state index contributed by atoms with van der Waals surface area (Å²) >= 11 is 0. The van der Waals surface area contributed by atoms with Crippen molar-refractivity contribution in [2.75, 3.05) is 25.4 Å². The van der Waals surface area contributed by atoms with Crippen molar-refractivity contribution in [2.24, 2.45) is 5.92 Å². The second kappa shape index (κ2) is 9.70. The lowest BCUT2D eigenvalue weighted by molar-refractivity contribution is 0.269. The Morgan fingerprint density at radius 3 is 2.56 bits per heavy atom. The summed E-state index contributed by atoms with van der Waals surface area (Å²) in [4.78, 5) is 17.1. The van der Waals surface area contributed by atoms with E-state index in [0.717, 1.165) is 64.1 Å². The van der Waals surface area contributed by atoms with Crippen molar-refractivity contribution in [2.45, 2.75) is 32.6 Å². The maximum atomic E-state index is 6.42. The first kappa shape index (κ1) is 22.7. The van der Waals surface area contributed by atoms with Gasteiger partial charge in [0.15, 0.2) is 0 Å². The maximum Gasteiger partial charge on any atom is 0.150 e. The van der Waals surface area contributed by atoms with E-state index in [1.165, 1.54) is 25.9 Å². The maximum absolute atomic E-state index is 6.42. The highest BCUT2D eigenvalue weighted by Gasteiger charge is 2.21. The van der Waals surface area contributed by atoms with E-state index in [2.05, 4.69) is 63.7 Å². The van der Waals surface area contributed by atoms with E-state index in [-0.39, 0.29) is 0 Å². The van der Waals surface area contributed by atoms with E-state index in [1.54, 1.807) is 6.20 Å². The number of rotatable bonds is 7. The average Bonchev–Trinajstić information content (AvgIpc) is 3.57. The highest BCUT2D eigenvalue weighted by molar-refractivity contribution is 5.91. The number of benzene rings is 2. The summed E-state index contributed by atoms with van der Waals surface area (Å²) in [6.07, 6.45) is 8.44. The number of nitrogen functional groups attached to an aromatic ring is 1. The molecule has 36 heavy (non-hydrogen) atoms. The van der Waals surface area contributed by atoms with Gasteiger partial charge in [-0.25, -0.2) is 15.0 Å². The monoisotopic (exact) mass is 476 g/mol. The lowest BCUT2D eigenvalue weighted by Gasteiger charge is -2.21. The third kappa shape index (κ3) is 4.33. The Balaban J connectivity index is 1.40. The van der Waals surface area contributed by atoms with Gasteiger partial charge in [0.05, 0.1) is 11.2 Å². The van der Waals surface area contributed by atoms with E-state index >= 15 is 0 Å². The van der Waals surface area contributed by atoms with Crippen molar-refractivity contribution in [1.82, 2.24) is 24.3 Å². The number of nitrogens with two attached hydrogens (primary N) is 1. The second-order valence-electron chi connectivity index (χ2n) is 9.86. The standard InChI is InChI=1S/C30H32N6/c1-2-21(20-35-15-6-7-16-35)18-27-34-28(29-30(31)32-14-17-36(27)29)24-11-10-23-12-13-25(33-26(23)19-24)22-8-4-3-5-9-22/h3-5,8-14,17,19,21H,2,6-7,15-16,18,20H2,1H3,(H2,31,32)/t21-/m0/s1. The Kier molecular flexibility index (Phi) is 6.11. The molecular formula is C30H32N6. The summed E-state index contributed by atoms with van der Waals surface area (Å²) < 4.78 is 2.14. The molecule has 2 N–H and O–H groups in total. The van der Waals surface area contributed by atoms with Crippen molar-refractivity contribution >= 4 is 22.2 Å². The predicted octanol–water partition coefficient (Wildman–Crippen LogP) is 5.86. The zero-order chi connectivity index (χ0) is 24.5. The van der Waals surface area contributed by atoms with E-state index in [1.807, 2.05) is 24.4 Å². The molecule has 1 saturated heterocycles. The molecule has 182 valence electrons. The Morgan fingerprint density at radius 2 is 1.75 bits per heavy atom. The van der Waals surface area contributed by atoms with Gasteiger partial charge in [-0.15, -0.1) is 0 Å². The molecule has 0 saturated carbocycles. The van der Waals surface area contributed by atoms with Crippen molar-refractivity contribution in [3.05, 3.63) is 78.9 Å². The van der Waals surface area contributed by atoms with E-state index < -0.39 is 0 Å². The third-order valence-corrected chi connectivity index (χ3v) is 7.45. The van der Waals surface area contributed by atoms with Crippen LogP contribution < -0.4 is 5.73 Å². The smallest absolute Gasteiger partial charge is 0.150 e. The van der Waals surface area contributed by atoms with Crippen LogP contribution in [0.1, 0.15) is 32.0 Å². The van der Waals surface area contributed by atoms with Gasteiger partial charge in [0.1, 0.15) is 22.9 Å². The molecule has 6 rings (SSSR count). The summed E-state index contributed by atoms with van der Waals surface area (Å²) in [6.45, 7) is 5.85. The Hall–Kier alpha value is -3.77. The van der Waals surface area contributed by atoms with Crippen molar-refractivity contribution in [1.29, 1.82) is 0 Å². The minimum absolute atomic E-state index is 0.505. The van der Waals surface area contributed by atoms with Crippen LogP contribution in [0.25, 0.3) is 38.9 Å². The van der Waals surface area contributed by atoms with Gasteiger partial charge < -0.3 is 10.6 Å². The fraction of sp³-hybridized carbons (Fsp3) is 0.300. The van der Waals surface area contributed by atoms with Crippen LogP contribution in [0.15, 0.2) is 73.1 Å². The molecular weight excluding hydrogens is 444 g/mol. The molecule has 5 aromatic rings. The molecule has 0 bridgehead atoms. The van der Waals surface area contributed by atoms with Crippen LogP contribution in [0, 0.1) is 5.92 Å². The molecule has 2 aromatic carbocycles. The van der Waals surface area contributed by atoms with Gasteiger partial charge in [0.25, 0.3) is 0 Å². The third-order valence-electron chi connectivity index (χ3n) is 7.45. The normalized spacial score (nSPS) is 15.1. The number of nitrogens with zero attached hydrogens (tertiary/aromatic N) is 5. The van der Waals surface area contributed by atoms with E-state index in [0.29, 0.717) is 11.7 Å². The molecule has 1 fully saturated rings. The van der Waals surface area contributed by atoms with Crippen LogP contribution in [-0.4, -0.2) is 43.9 Å². The summed E-state index contributed by atoms with van der Waals surface area (Å²) in [6, 6.07) is 20.9. The van der Waals surface area contributed by atoms with Crippen LogP contribution in [0.2, 0.25) is 0 Å². The van der Waals surface area contributed by atoms with Crippen LogP contribution in [0.3, 0.4) is 0 Å². The summed E-state index contributed by atoms with van der Waals surface area (Å²) in [7, 11) is 0. The molecule has 3 aromatic heterocycles. The molecule has 6 nitrogen and oxygen atoms in total. The van der Waals surface area contributed by atoms with Crippen LogP contribution in [0.5, 0.6) is 0 Å². The SMILES string of the molecule is CC[C@@H](Cc1nc(-c2ccc3ccc(-c4ccccc4)nc3c2)c2c(N)nccn12)CN1CCCC1. The van der Waals surface area contributed by atoms with Crippen LogP contribution >= 0.6 is 0 Å². The Bertz CT molecular complexity index is 1500. The highest BCUT2D eigenvalue weighted by atomic mass is 15.1. The quantitative estimate of drug-likeness (QED) is 0.319. The topological polar surface area (TPSA) is 72.3 Å². The minimum Gasteiger partial charge on any atom is -0.382 e. The van der Waals surface area contributed by atoms with Gasteiger partial charge in [-0.1, -0.05) is 61.9 Å². The molecule has 1 aliphatic rings. The number of anilines is 1. The van der Waals surface area contributed by atoms with E-state index in [4.69, 9.17) is 15.7 Å². The van der Waals surface area contributed by atoms with E-state index in [9.17, 15) is 0 Å². The first-order valence-electron chi connectivity index (χ1n) is 13.0. The summed E-state index contributed by atoms with van der Waals surface area (Å²) in [5.41, 5.74) is 12.2. The molecule has 0 unspecified atom stereocenters. The Labute approximate surface area is 211 Å². The molecule has 6 heteroatoms. The molecule has 0 amide bonds. The predicted molar refractivity (Wildman–Crippen MR) is 147 cm³/mol. The number of hydrogen-bond acceptors (Lipinski definition) is 5. The first-order chi connectivity index (χ1) is 17.7. The number of hydrogen-bond donors (Lipinski definition) is 1. The molecule has 0 spiro atoms. The van der Waals surface area contributed by atoms with Crippen molar-refractivity contribution in [3.63, 3.8) is 0 Å². The van der Waals surface area contributed by atoms with Crippen molar-refractivity contribution < 1.29 is 0 Å². The van der Waals surface area contributed by atoms with Crippen LogP contribution in [0.4, 0.5) is 5.82 Å². The summed E-state index contributed by atoms with van der Waals surface area (Å²) in [5, 5.41) is 1.10. The molecule has 4 heterocycles. The van der Waals surface area contributed by atoms with Gasteiger partial charge in [-0.05, 0) is 44.0 Å². The fourth-order valence-electron chi connectivity index (χ4n) is 5.43. The largest absolute Gasteiger partial charge is 0.382 e. The first-order valence-corrected chi connectivity index (χ1v) is 13.0. The second-order valence-corrected chi connectivity index (χ2v) is 9.86. The zero-order valence-electron chi connectivity index (χ0n) is 20.8. The number of imidazole rings is 1. The lowest BCUT2D eigenvalue weighted by Crippen LogP contribution is -2.28.